The number of hydrogen-bond acceptors (Lipinski definition) is 2. The van der Waals surface area contributed by atoms with Gasteiger partial charge in [0, 0.05) is 6.42 Å². The highest BCUT2D eigenvalue weighted by Crippen LogP contribution is 2.15. The van der Waals surface area contributed by atoms with Crippen molar-refractivity contribution >= 4 is 5.78 Å². The number of hydrogen-bond donors (Lipinski definition) is 1. The lowest BCUT2D eigenvalue weighted by atomic mass is 9.99. The molecule has 2 nitrogen and oxygen atoms in total. The minimum absolute atomic E-state index is 0.132. The number of benzene rings is 1. The maximum Gasteiger partial charge on any atom is 0.165 e. The van der Waals surface area contributed by atoms with Gasteiger partial charge in [0.25, 0.3) is 0 Å². The van der Waals surface area contributed by atoms with Gasteiger partial charge < -0.3 is 5.11 Å². The van der Waals surface area contributed by atoms with Crippen LogP contribution in [0.3, 0.4) is 0 Å². The first kappa shape index (κ1) is 11.9. The highest BCUT2D eigenvalue weighted by atomic mass is 16.3. The third-order valence-electron chi connectivity index (χ3n) is 2.49. The molecule has 1 atom stereocenters. The van der Waals surface area contributed by atoms with E-state index in [0.29, 0.717) is 12.3 Å². The second-order valence-electron chi connectivity index (χ2n) is 4.22. The summed E-state index contributed by atoms with van der Waals surface area (Å²) in [6, 6.07) is 7.98. The van der Waals surface area contributed by atoms with Gasteiger partial charge in [-0.25, -0.2) is 0 Å². The minimum atomic E-state index is -0.866. The largest absolute Gasteiger partial charge is 0.386 e. The topological polar surface area (TPSA) is 37.3 Å². The Morgan fingerprint density at radius 2 is 1.73 bits per heavy atom. The Morgan fingerprint density at radius 3 is 2.13 bits per heavy atom. The van der Waals surface area contributed by atoms with Crippen molar-refractivity contribution in [2.45, 2.75) is 39.2 Å². The molecule has 0 aromatic heterocycles. The predicted molar refractivity (Wildman–Crippen MR) is 60.9 cm³/mol. The predicted octanol–water partition coefficient (Wildman–Crippen LogP) is 2.30. The summed E-state index contributed by atoms with van der Waals surface area (Å²) in [7, 11) is 0. The summed E-state index contributed by atoms with van der Waals surface area (Å²) in [5.41, 5.74) is 2.23. The lowest BCUT2D eigenvalue weighted by Crippen LogP contribution is -2.18. The zero-order chi connectivity index (χ0) is 11.4. The zero-order valence-electron chi connectivity index (χ0n) is 9.53. The fourth-order valence-electron chi connectivity index (χ4n) is 1.37. The molecule has 0 saturated heterocycles. The smallest absolute Gasteiger partial charge is 0.165 e. The number of aliphatic hydroxyl groups excluding tert-OH is 1. The Labute approximate surface area is 90.9 Å². The van der Waals surface area contributed by atoms with Gasteiger partial charge in [-0.3, -0.25) is 4.79 Å². The van der Waals surface area contributed by atoms with Crippen LogP contribution in [-0.2, 0) is 11.2 Å². The van der Waals surface area contributed by atoms with Crippen LogP contribution in [0.15, 0.2) is 24.3 Å². The Kier molecular flexibility index (Phi) is 4.04. The van der Waals surface area contributed by atoms with Gasteiger partial charge in [-0.1, -0.05) is 38.1 Å². The number of aliphatic hydroxyl groups is 1. The van der Waals surface area contributed by atoms with Gasteiger partial charge in [-0.2, -0.15) is 0 Å². The zero-order valence-corrected chi connectivity index (χ0v) is 9.53. The van der Waals surface area contributed by atoms with Gasteiger partial charge in [0.15, 0.2) is 5.78 Å². The summed E-state index contributed by atoms with van der Waals surface area (Å²) in [5.74, 6) is 0.374. The second-order valence-corrected chi connectivity index (χ2v) is 4.22. The van der Waals surface area contributed by atoms with Crippen LogP contribution in [0.25, 0.3) is 0 Å². The summed E-state index contributed by atoms with van der Waals surface area (Å²) < 4.78 is 0. The standard InChI is InChI=1S/C13H18O2/c1-9(2)12-6-4-11(5-7-12)8-13(15)10(3)14/h4-7,9-10,14H,8H2,1-3H3. The SMILES string of the molecule is CC(O)C(=O)Cc1ccc(C(C)C)cc1. The van der Waals surface area contributed by atoms with Crippen molar-refractivity contribution < 1.29 is 9.90 Å². The van der Waals surface area contributed by atoms with Crippen molar-refractivity contribution in [3.63, 3.8) is 0 Å². The van der Waals surface area contributed by atoms with Gasteiger partial charge in [-0.15, -0.1) is 0 Å². The van der Waals surface area contributed by atoms with E-state index in [-0.39, 0.29) is 5.78 Å². The quantitative estimate of drug-likeness (QED) is 0.820. The average molecular weight is 206 g/mol. The summed E-state index contributed by atoms with van der Waals surface area (Å²) in [4.78, 5) is 11.3. The van der Waals surface area contributed by atoms with Gasteiger partial charge in [0.2, 0.25) is 0 Å². The third-order valence-corrected chi connectivity index (χ3v) is 2.49. The van der Waals surface area contributed by atoms with Crippen molar-refractivity contribution in [2.75, 3.05) is 0 Å². The Hall–Kier alpha value is -1.15. The number of carbonyl (C=O) groups excluding carboxylic acids is 1. The van der Waals surface area contributed by atoms with E-state index >= 15 is 0 Å². The van der Waals surface area contributed by atoms with Crippen LogP contribution >= 0.6 is 0 Å². The van der Waals surface area contributed by atoms with Crippen LogP contribution in [0.4, 0.5) is 0 Å². The molecule has 0 aliphatic carbocycles. The lowest BCUT2D eigenvalue weighted by Gasteiger charge is -2.07. The minimum Gasteiger partial charge on any atom is -0.386 e. The molecule has 0 radical (unpaired) electrons. The Balaban J connectivity index is 2.69. The molecular weight excluding hydrogens is 188 g/mol. The molecule has 2 heteroatoms. The maximum absolute atomic E-state index is 11.3. The molecule has 0 aliphatic heterocycles. The molecule has 15 heavy (non-hydrogen) atoms. The number of Topliss-reactive ketones (excluding diaryl/α,β-unsaturated/α-hetero) is 1. The first-order valence-electron chi connectivity index (χ1n) is 5.30. The summed E-state index contributed by atoms with van der Waals surface area (Å²) in [6.45, 7) is 5.77. The maximum atomic E-state index is 11.3. The number of ketones is 1. The van der Waals surface area contributed by atoms with Gasteiger partial charge in [0.05, 0.1) is 0 Å². The van der Waals surface area contributed by atoms with E-state index in [0.717, 1.165) is 5.56 Å². The first-order chi connectivity index (χ1) is 7.00. The summed E-state index contributed by atoms with van der Waals surface area (Å²) in [5, 5.41) is 9.08. The Bertz CT molecular complexity index is 323. The number of rotatable bonds is 4. The van der Waals surface area contributed by atoms with E-state index in [1.165, 1.54) is 12.5 Å². The number of carbonyl (C=O) groups is 1. The highest BCUT2D eigenvalue weighted by Gasteiger charge is 2.09. The fourth-order valence-corrected chi connectivity index (χ4v) is 1.37. The van der Waals surface area contributed by atoms with Crippen molar-refractivity contribution in [3.05, 3.63) is 35.4 Å². The van der Waals surface area contributed by atoms with E-state index in [1.807, 2.05) is 24.3 Å². The molecule has 0 aliphatic rings. The van der Waals surface area contributed by atoms with Crippen LogP contribution in [0.5, 0.6) is 0 Å². The van der Waals surface area contributed by atoms with E-state index in [1.54, 1.807) is 0 Å². The molecule has 0 saturated carbocycles. The van der Waals surface area contributed by atoms with E-state index < -0.39 is 6.10 Å². The summed E-state index contributed by atoms with van der Waals surface area (Å²) in [6.07, 6.45) is -0.550. The van der Waals surface area contributed by atoms with Gasteiger partial charge in [-0.05, 0) is 24.0 Å². The second kappa shape index (κ2) is 5.08. The molecule has 1 rings (SSSR count). The monoisotopic (exact) mass is 206 g/mol. The molecule has 1 unspecified atom stereocenters. The van der Waals surface area contributed by atoms with E-state index in [9.17, 15) is 4.79 Å². The third kappa shape index (κ3) is 3.48. The van der Waals surface area contributed by atoms with Gasteiger partial charge in [0.1, 0.15) is 6.10 Å². The molecule has 0 bridgehead atoms. The van der Waals surface area contributed by atoms with E-state index in [4.69, 9.17) is 5.11 Å². The molecule has 0 heterocycles. The van der Waals surface area contributed by atoms with Crippen molar-refractivity contribution in [1.82, 2.24) is 0 Å². The molecule has 1 aromatic rings. The van der Waals surface area contributed by atoms with Crippen LogP contribution in [0.2, 0.25) is 0 Å². The van der Waals surface area contributed by atoms with Crippen molar-refractivity contribution in [2.24, 2.45) is 0 Å². The highest BCUT2D eigenvalue weighted by molar-refractivity contribution is 5.84. The molecule has 82 valence electrons. The van der Waals surface area contributed by atoms with Crippen LogP contribution in [0.1, 0.15) is 37.8 Å². The van der Waals surface area contributed by atoms with E-state index in [2.05, 4.69) is 13.8 Å². The lowest BCUT2D eigenvalue weighted by molar-refractivity contribution is -0.125. The molecule has 1 N–H and O–H groups in total. The average Bonchev–Trinajstić information content (AvgIpc) is 2.18. The summed E-state index contributed by atoms with van der Waals surface area (Å²) >= 11 is 0. The molecular formula is C13H18O2. The first-order valence-corrected chi connectivity index (χ1v) is 5.30. The van der Waals surface area contributed by atoms with Crippen molar-refractivity contribution in [1.29, 1.82) is 0 Å². The van der Waals surface area contributed by atoms with Crippen LogP contribution in [-0.4, -0.2) is 17.0 Å². The molecule has 1 aromatic carbocycles. The Morgan fingerprint density at radius 1 is 1.20 bits per heavy atom. The van der Waals surface area contributed by atoms with Crippen LogP contribution < -0.4 is 0 Å². The van der Waals surface area contributed by atoms with Crippen LogP contribution in [0, 0.1) is 0 Å². The van der Waals surface area contributed by atoms with Crippen molar-refractivity contribution in [3.8, 4) is 0 Å². The molecule has 0 spiro atoms. The molecule has 0 fully saturated rings. The fraction of sp³-hybridized carbons (Fsp3) is 0.462. The normalized spacial score (nSPS) is 12.9. The molecule has 0 amide bonds. The van der Waals surface area contributed by atoms with Gasteiger partial charge >= 0.3 is 0 Å².